The number of carboxylic acid groups (broad SMARTS) is 4. The molecule has 0 fully saturated rings. The third kappa shape index (κ3) is 34.0. The Balaban J connectivity index is -0.000000350. The van der Waals surface area contributed by atoms with Gasteiger partial charge in [-0.05, 0) is 24.3 Å². The molecule has 7 N–H and O–H groups in total. The molecule has 0 aliphatic heterocycles. The number of benzene rings is 2. The van der Waals surface area contributed by atoms with Crippen molar-refractivity contribution in [2.45, 2.75) is 11.8 Å². The highest BCUT2D eigenvalue weighted by atomic mass is 32.3. The van der Waals surface area contributed by atoms with Gasteiger partial charge in [0.25, 0.3) is 16.1 Å². The minimum absolute atomic E-state index is 0.0741. The van der Waals surface area contributed by atoms with Crippen LogP contribution in [0.3, 0.4) is 0 Å². The predicted octanol–water partition coefficient (Wildman–Crippen LogP) is 1.98. The van der Waals surface area contributed by atoms with Crippen LogP contribution in [-0.2, 0) is 25.3 Å². The van der Waals surface area contributed by atoms with Crippen LogP contribution in [0.15, 0.2) is 65.6 Å². The van der Waals surface area contributed by atoms with Gasteiger partial charge in [-0.3, -0.25) is 18.5 Å². The third-order valence-corrected chi connectivity index (χ3v) is 2.93. The van der Waals surface area contributed by atoms with Gasteiger partial charge in [0, 0.05) is 6.92 Å². The van der Waals surface area contributed by atoms with Crippen LogP contribution in [0.1, 0.15) is 17.3 Å². The number of aromatic carboxylic acids is 1. The van der Waals surface area contributed by atoms with E-state index in [0.29, 0.717) is 5.56 Å². The van der Waals surface area contributed by atoms with E-state index in [-0.39, 0.29) is 4.90 Å². The van der Waals surface area contributed by atoms with Crippen LogP contribution in [0.4, 0.5) is 4.79 Å². The Morgan fingerprint density at radius 3 is 1.06 bits per heavy atom. The highest BCUT2D eigenvalue weighted by molar-refractivity contribution is 7.85. The highest BCUT2D eigenvalue weighted by Crippen LogP contribution is 2.05. The lowest BCUT2D eigenvalue weighted by Gasteiger charge is -1.92. The van der Waals surface area contributed by atoms with Crippen molar-refractivity contribution in [1.29, 1.82) is 0 Å². The van der Waals surface area contributed by atoms with Gasteiger partial charge >= 0.3 is 22.5 Å². The summed E-state index contributed by atoms with van der Waals surface area (Å²) in [5.41, 5.74) is 0.331. The van der Waals surface area contributed by atoms with Gasteiger partial charge in [0.1, 0.15) is 0 Å². The third-order valence-electron chi connectivity index (χ3n) is 2.06. The quantitative estimate of drug-likeness (QED) is 0.291. The molecule has 0 unspecified atom stereocenters. The second-order valence-corrected chi connectivity index (χ2v) is 7.03. The molecule has 14 nitrogen and oxygen atoms in total. The molecule has 2 rings (SSSR count). The molecule has 0 radical (unpaired) electrons. The summed E-state index contributed by atoms with van der Waals surface area (Å²) in [6.45, 7) is 1.08. The van der Waals surface area contributed by atoms with Crippen LogP contribution < -0.4 is 0 Å². The van der Waals surface area contributed by atoms with Gasteiger partial charge < -0.3 is 20.4 Å². The molecule has 0 aromatic heterocycles. The van der Waals surface area contributed by atoms with E-state index in [0.717, 1.165) is 6.92 Å². The zero-order valence-corrected chi connectivity index (χ0v) is 17.7. The summed E-state index contributed by atoms with van der Waals surface area (Å²) in [6, 6.07) is 15.7. The smallest absolute Gasteiger partial charge is 0.481 e. The maximum absolute atomic E-state index is 10.4. The van der Waals surface area contributed by atoms with Crippen molar-refractivity contribution in [3.8, 4) is 0 Å². The maximum atomic E-state index is 10.4. The molecule has 180 valence electrons. The van der Waals surface area contributed by atoms with Gasteiger partial charge in [-0.2, -0.15) is 16.8 Å². The van der Waals surface area contributed by atoms with Crippen molar-refractivity contribution in [3.05, 3.63) is 66.2 Å². The van der Waals surface area contributed by atoms with Gasteiger partial charge in [0.15, 0.2) is 0 Å². The number of aliphatic carboxylic acids is 1. The first-order valence-corrected chi connectivity index (χ1v) is 10.3. The zero-order valence-electron chi connectivity index (χ0n) is 16.1. The molecule has 2 aromatic rings. The Bertz CT molecular complexity index is 989. The van der Waals surface area contributed by atoms with Crippen molar-refractivity contribution in [2.24, 2.45) is 0 Å². The molecule has 0 aliphatic rings. The normalized spacial score (nSPS) is 9.38. The van der Waals surface area contributed by atoms with E-state index >= 15 is 0 Å². The van der Waals surface area contributed by atoms with E-state index in [1.165, 1.54) is 12.1 Å². The lowest BCUT2D eigenvalue weighted by Crippen LogP contribution is -1.96. The number of carboxylic acids is 2. The molecule has 32 heavy (non-hydrogen) atoms. The van der Waals surface area contributed by atoms with Crippen LogP contribution in [0.2, 0.25) is 0 Å². The first-order chi connectivity index (χ1) is 14.4. The topological polar surface area (TPSA) is 261 Å². The molecule has 0 heterocycles. The molecular weight excluding hydrogens is 480 g/mol. The number of hydrogen-bond acceptors (Lipinski definition) is 7. The second kappa shape index (κ2) is 17.1. The SMILES string of the molecule is CC(=O)O.O=C(O)O.O=C(O)c1ccccc1.O=S(=O)(O)O.O=S(=O)(O)c1ccccc1. The molecule has 0 saturated heterocycles. The fourth-order valence-corrected chi connectivity index (χ4v) is 1.67. The number of rotatable bonds is 2. The second-order valence-electron chi connectivity index (χ2n) is 4.71. The van der Waals surface area contributed by atoms with Crippen LogP contribution in [0, 0.1) is 0 Å². The summed E-state index contributed by atoms with van der Waals surface area (Å²) in [4.78, 5) is 27.7. The predicted molar refractivity (Wildman–Crippen MR) is 108 cm³/mol. The van der Waals surface area contributed by atoms with E-state index in [1.807, 2.05) is 0 Å². The monoisotopic (exact) mass is 500 g/mol. The van der Waals surface area contributed by atoms with Crippen LogP contribution in [0.25, 0.3) is 0 Å². The van der Waals surface area contributed by atoms with E-state index in [1.54, 1.807) is 48.5 Å². The van der Waals surface area contributed by atoms with Crippen molar-refractivity contribution in [2.75, 3.05) is 0 Å². The lowest BCUT2D eigenvalue weighted by atomic mass is 10.2. The van der Waals surface area contributed by atoms with Crippen molar-refractivity contribution in [3.63, 3.8) is 0 Å². The maximum Gasteiger partial charge on any atom is 0.503 e. The molecule has 0 atom stereocenters. The average Bonchev–Trinajstić information content (AvgIpc) is 2.61. The van der Waals surface area contributed by atoms with Crippen LogP contribution in [0.5, 0.6) is 0 Å². The zero-order chi connectivity index (χ0) is 26.0. The van der Waals surface area contributed by atoms with E-state index in [4.69, 9.17) is 52.1 Å². The highest BCUT2D eigenvalue weighted by Gasteiger charge is 2.05. The van der Waals surface area contributed by atoms with Crippen molar-refractivity contribution in [1.82, 2.24) is 0 Å². The van der Waals surface area contributed by atoms with Crippen LogP contribution in [-0.4, -0.2) is 69.0 Å². The molecule has 0 saturated carbocycles. The fourth-order valence-electron chi connectivity index (χ4n) is 1.17. The summed E-state index contributed by atoms with van der Waals surface area (Å²) < 4.78 is 60.8. The summed E-state index contributed by atoms with van der Waals surface area (Å²) >= 11 is 0. The van der Waals surface area contributed by atoms with Crippen LogP contribution >= 0.6 is 0 Å². The summed E-state index contributed by atoms with van der Waals surface area (Å²) in [5, 5.41) is 29.7. The molecule has 0 aliphatic carbocycles. The Labute approximate surface area is 182 Å². The summed E-state index contributed by atoms with van der Waals surface area (Å²) in [7, 11) is -8.67. The Kier molecular flexibility index (Phi) is 17.7. The summed E-state index contributed by atoms with van der Waals surface area (Å²) in [5.74, 6) is -1.71. The molecule has 0 spiro atoms. The molecule has 2 aromatic carbocycles. The van der Waals surface area contributed by atoms with Gasteiger partial charge in [-0.15, -0.1) is 0 Å². The first-order valence-electron chi connectivity index (χ1n) is 7.50. The Hall–Kier alpha value is -3.57. The minimum atomic E-state index is -4.67. The minimum Gasteiger partial charge on any atom is -0.481 e. The van der Waals surface area contributed by atoms with E-state index < -0.39 is 38.6 Å². The molecule has 16 heteroatoms. The largest absolute Gasteiger partial charge is 0.503 e. The average molecular weight is 500 g/mol. The van der Waals surface area contributed by atoms with Crippen molar-refractivity contribution < 1.29 is 65.3 Å². The number of hydrogen-bond donors (Lipinski definition) is 7. The molecule has 0 bridgehead atoms. The van der Waals surface area contributed by atoms with Gasteiger partial charge in [0.05, 0.1) is 10.5 Å². The van der Waals surface area contributed by atoms with Gasteiger partial charge in [-0.1, -0.05) is 36.4 Å². The molecule has 0 amide bonds. The summed E-state index contributed by atoms with van der Waals surface area (Å²) in [6.07, 6.45) is -1.83. The van der Waals surface area contributed by atoms with Gasteiger partial charge in [-0.25, -0.2) is 9.59 Å². The van der Waals surface area contributed by atoms with Gasteiger partial charge in [0.2, 0.25) is 0 Å². The lowest BCUT2D eigenvalue weighted by molar-refractivity contribution is -0.134. The first kappa shape index (κ1) is 33.1. The Morgan fingerprint density at radius 1 is 0.656 bits per heavy atom. The number of carbonyl (C=O) groups is 3. The standard InChI is InChI=1S/C7H6O2.C6H6O3S.C2H4O2.CH2O3.H2O4S/c8-7(9)6-4-2-1-3-5-6;7-10(8,9)6-4-2-1-3-5-6;1-2(3)4;2-1(3)4;1-5(2,3)4/h1-5H,(H,8,9);1-5H,(H,7,8,9);1H3,(H,3,4);(H2,2,3,4);(H2,1,2,3,4). The van der Waals surface area contributed by atoms with E-state index in [9.17, 15) is 13.2 Å². The fraction of sp³-hybridized carbons (Fsp3) is 0.0625. The van der Waals surface area contributed by atoms with Crippen molar-refractivity contribution >= 4 is 38.6 Å². The molecular formula is C16H20O14S2. The van der Waals surface area contributed by atoms with E-state index in [2.05, 4.69) is 0 Å². The Morgan fingerprint density at radius 2 is 0.906 bits per heavy atom.